The Labute approximate surface area is 90.0 Å². The first-order valence-corrected chi connectivity index (χ1v) is 5.65. The lowest BCUT2D eigenvalue weighted by Gasteiger charge is -2.30. The van der Waals surface area contributed by atoms with Crippen molar-refractivity contribution in [1.29, 1.82) is 0 Å². The lowest BCUT2D eigenvalue weighted by atomic mass is 10.0. The highest BCUT2D eigenvalue weighted by Gasteiger charge is 2.46. The van der Waals surface area contributed by atoms with Crippen molar-refractivity contribution in [3.8, 4) is 0 Å². The van der Waals surface area contributed by atoms with Gasteiger partial charge in [-0.05, 0) is 32.6 Å². The number of carbonyl (C=O) groups excluding carboxylic acids is 2. The smallest absolute Gasteiger partial charge is 0.310 e. The Kier molecular flexibility index (Phi) is 2.44. The second-order valence-corrected chi connectivity index (χ2v) is 5.08. The molecule has 1 saturated heterocycles. The van der Waals surface area contributed by atoms with E-state index in [0.717, 1.165) is 6.54 Å². The van der Waals surface area contributed by atoms with E-state index in [-0.39, 0.29) is 11.9 Å². The molecule has 3 amide bonds. The molecule has 4 heteroatoms. The van der Waals surface area contributed by atoms with Crippen molar-refractivity contribution < 1.29 is 9.59 Å². The maximum absolute atomic E-state index is 11.6. The van der Waals surface area contributed by atoms with Crippen LogP contribution in [0.15, 0.2) is 0 Å². The molecule has 0 aromatic heterocycles. The third-order valence-electron chi connectivity index (χ3n) is 3.61. The molecule has 0 atom stereocenters. The van der Waals surface area contributed by atoms with E-state index in [1.54, 1.807) is 4.90 Å². The van der Waals surface area contributed by atoms with Gasteiger partial charge in [-0.2, -0.15) is 0 Å². The van der Waals surface area contributed by atoms with Gasteiger partial charge in [-0.1, -0.05) is 12.8 Å². The topological polar surface area (TPSA) is 49.4 Å². The van der Waals surface area contributed by atoms with Crippen LogP contribution in [0, 0.1) is 5.92 Å². The SMILES string of the molecule is CC1(C)C(=O)NC(=O)N1CC1CCCC1. The van der Waals surface area contributed by atoms with Crippen LogP contribution in [-0.4, -0.2) is 28.9 Å². The zero-order valence-corrected chi connectivity index (χ0v) is 9.38. The average Bonchev–Trinajstić information content (AvgIpc) is 2.70. The van der Waals surface area contributed by atoms with Crippen LogP contribution in [0.1, 0.15) is 39.5 Å². The number of carbonyl (C=O) groups is 2. The van der Waals surface area contributed by atoms with E-state index >= 15 is 0 Å². The Bertz CT molecular complexity index is 293. The van der Waals surface area contributed by atoms with Gasteiger partial charge in [-0.3, -0.25) is 10.1 Å². The van der Waals surface area contributed by atoms with E-state index in [9.17, 15) is 9.59 Å². The predicted molar refractivity (Wildman–Crippen MR) is 56.3 cm³/mol. The monoisotopic (exact) mass is 210 g/mol. The van der Waals surface area contributed by atoms with Gasteiger partial charge in [0.15, 0.2) is 0 Å². The van der Waals surface area contributed by atoms with Gasteiger partial charge in [0.25, 0.3) is 5.91 Å². The fraction of sp³-hybridized carbons (Fsp3) is 0.818. The summed E-state index contributed by atoms with van der Waals surface area (Å²) in [6.07, 6.45) is 4.89. The van der Waals surface area contributed by atoms with E-state index in [2.05, 4.69) is 5.32 Å². The van der Waals surface area contributed by atoms with Crippen LogP contribution >= 0.6 is 0 Å². The lowest BCUT2D eigenvalue weighted by molar-refractivity contribution is -0.125. The van der Waals surface area contributed by atoms with Gasteiger partial charge in [0.1, 0.15) is 5.54 Å². The molecule has 2 aliphatic rings. The Morgan fingerprint density at radius 2 is 1.93 bits per heavy atom. The molecule has 1 aliphatic heterocycles. The highest BCUT2D eigenvalue weighted by molar-refractivity contribution is 6.06. The summed E-state index contributed by atoms with van der Waals surface area (Å²) < 4.78 is 0. The van der Waals surface area contributed by atoms with E-state index in [1.165, 1.54) is 25.7 Å². The molecule has 0 bridgehead atoms. The number of nitrogens with one attached hydrogen (secondary N) is 1. The van der Waals surface area contributed by atoms with E-state index < -0.39 is 5.54 Å². The van der Waals surface area contributed by atoms with Gasteiger partial charge in [0.05, 0.1) is 0 Å². The Morgan fingerprint density at radius 3 is 2.40 bits per heavy atom. The number of nitrogens with zero attached hydrogens (tertiary/aromatic N) is 1. The summed E-state index contributed by atoms with van der Waals surface area (Å²) in [5, 5.41) is 2.38. The van der Waals surface area contributed by atoms with Crippen LogP contribution in [0.2, 0.25) is 0 Å². The molecular formula is C11H18N2O2. The standard InChI is InChI=1S/C11H18N2O2/c1-11(2)9(14)12-10(15)13(11)7-8-5-3-4-6-8/h8H,3-7H2,1-2H3,(H,12,14,15). The van der Waals surface area contributed by atoms with Crippen molar-refractivity contribution in [2.24, 2.45) is 5.92 Å². The summed E-state index contributed by atoms with van der Waals surface area (Å²) in [6, 6.07) is -0.225. The van der Waals surface area contributed by atoms with Gasteiger partial charge in [0, 0.05) is 6.54 Å². The van der Waals surface area contributed by atoms with Crippen molar-refractivity contribution in [1.82, 2.24) is 10.2 Å². The van der Waals surface area contributed by atoms with Gasteiger partial charge in [0.2, 0.25) is 0 Å². The van der Waals surface area contributed by atoms with Crippen LogP contribution in [-0.2, 0) is 4.79 Å². The van der Waals surface area contributed by atoms with Crippen LogP contribution in [0.3, 0.4) is 0 Å². The molecule has 15 heavy (non-hydrogen) atoms. The lowest BCUT2D eigenvalue weighted by Crippen LogP contribution is -2.46. The summed E-state index contributed by atoms with van der Waals surface area (Å²) in [6.45, 7) is 4.34. The van der Waals surface area contributed by atoms with Crippen LogP contribution in [0.5, 0.6) is 0 Å². The molecule has 1 N–H and O–H groups in total. The number of urea groups is 1. The molecule has 0 spiro atoms. The Hall–Kier alpha value is -1.06. The highest BCUT2D eigenvalue weighted by atomic mass is 16.2. The third-order valence-corrected chi connectivity index (χ3v) is 3.61. The van der Waals surface area contributed by atoms with Crippen molar-refractivity contribution in [3.05, 3.63) is 0 Å². The quantitative estimate of drug-likeness (QED) is 0.702. The fourth-order valence-corrected chi connectivity index (χ4v) is 2.46. The predicted octanol–water partition coefficient (Wildman–Crippen LogP) is 1.51. The molecule has 0 aromatic carbocycles. The largest absolute Gasteiger partial charge is 0.325 e. The molecule has 0 radical (unpaired) electrons. The average molecular weight is 210 g/mol. The Morgan fingerprint density at radius 1 is 1.33 bits per heavy atom. The molecule has 84 valence electrons. The fourth-order valence-electron chi connectivity index (χ4n) is 2.46. The molecule has 2 rings (SSSR count). The number of imide groups is 1. The van der Waals surface area contributed by atoms with Crippen molar-refractivity contribution in [2.75, 3.05) is 6.54 Å². The zero-order chi connectivity index (χ0) is 11.1. The maximum atomic E-state index is 11.6. The first kappa shape index (κ1) is 10.5. The van der Waals surface area contributed by atoms with Gasteiger partial charge >= 0.3 is 6.03 Å². The minimum absolute atomic E-state index is 0.175. The molecular weight excluding hydrogens is 192 g/mol. The maximum Gasteiger partial charge on any atom is 0.325 e. The minimum Gasteiger partial charge on any atom is -0.310 e. The summed E-state index contributed by atoms with van der Waals surface area (Å²) in [5.41, 5.74) is -0.667. The molecule has 1 heterocycles. The number of hydrogen-bond donors (Lipinski definition) is 1. The van der Waals surface area contributed by atoms with Gasteiger partial charge in [-0.15, -0.1) is 0 Å². The van der Waals surface area contributed by atoms with Gasteiger partial charge in [-0.25, -0.2) is 4.79 Å². The zero-order valence-electron chi connectivity index (χ0n) is 9.38. The summed E-state index contributed by atoms with van der Waals surface area (Å²) in [7, 11) is 0. The molecule has 1 aliphatic carbocycles. The van der Waals surface area contributed by atoms with E-state index in [0.29, 0.717) is 5.92 Å². The number of hydrogen-bond acceptors (Lipinski definition) is 2. The molecule has 4 nitrogen and oxygen atoms in total. The number of rotatable bonds is 2. The van der Waals surface area contributed by atoms with E-state index in [4.69, 9.17) is 0 Å². The van der Waals surface area contributed by atoms with Crippen LogP contribution in [0.25, 0.3) is 0 Å². The van der Waals surface area contributed by atoms with Gasteiger partial charge < -0.3 is 4.90 Å². The second-order valence-electron chi connectivity index (χ2n) is 5.08. The normalized spacial score (nSPS) is 26.1. The molecule has 1 saturated carbocycles. The first-order chi connectivity index (χ1) is 7.01. The second kappa shape index (κ2) is 3.51. The number of amides is 3. The van der Waals surface area contributed by atoms with Crippen molar-refractivity contribution >= 4 is 11.9 Å². The molecule has 0 aromatic rings. The molecule has 0 unspecified atom stereocenters. The summed E-state index contributed by atoms with van der Waals surface area (Å²) in [4.78, 5) is 24.8. The Balaban J connectivity index is 2.06. The van der Waals surface area contributed by atoms with Crippen LogP contribution < -0.4 is 5.32 Å². The molecule has 2 fully saturated rings. The van der Waals surface area contributed by atoms with Crippen molar-refractivity contribution in [3.63, 3.8) is 0 Å². The summed E-state index contributed by atoms with van der Waals surface area (Å²) in [5.74, 6) is 0.409. The summed E-state index contributed by atoms with van der Waals surface area (Å²) >= 11 is 0. The van der Waals surface area contributed by atoms with Crippen molar-refractivity contribution in [2.45, 2.75) is 45.1 Å². The van der Waals surface area contributed by atoms with Crippen LogP contribution in [0.4, 0.5) is 4.79 Å². The first-order valence-electron chi connectivity index (χ1n) is 5.65. The minimum atomic E-state index is -0.667. The highest BCUT2D eigenvalue weighted by Crippen LogP contribution is 2.29. The third kappa shape index (κ3) is 1.73. The van der Waals surface area contributed by atoms with E-state index in [1.807, 2.05) is 13.8 Å².